The van der Waals surface area contributed by atoms with Gasteiger partial charge in [-0.2, -0.15) is 4.37 Å². The molecule has 0 aromatic carbocycles. The number of nitrogens with one attached hydrogen (secondary N) is 1. The van der Waals surface area contributed by atoms with Gasteiger partial charge >= 0.3 is 5.69 Å². The molecule has 130 valence electrons. The first-order chi connectivity index (χ1) is 11.5. The number of unbranched alkanes of at least 4 members (excludes halogenated alkanes) is 1. The fourth-order valence-corrected chi connectivity index (χ4v) is 3.77. The highest BCUT2D eigenvalue weighted by Crippen LogP contribution is 2.23. The van der Waals surface area contributed by atoms with Crippen molar-refractivity contribution in [2.24, 2.45) is 5.92 Å². The molecule has 0 radical (unpaired) electrons. The van der Waals surface area contributed by atoms with E-state index in [-0.39, 0.29) is 16.9 Å². The Morgan fingerprint density at radius 2 is 2.04 bits per heavy atom. The first-order valence-electron chi connectivity index (χ1n) is 8.44. The maximum absolute atomic E-state index is 12.7. The molecule has 8 heteroatoms. The number of hydrogen-bond donors (Lipinski definition) is 1. The van der Waals surface area contributed by atoms with Crippen LogP contribution in [0.3, 0.4) is 0 Å². The molecule has 3 heterocycles. The number of likely N-dealkylation sites (tertiary alicyclic amines) is 1. The quantitative estimate of drug-likeness (QED) is 0.911. The summed E-state index contributed by atoms with van der Waals surface area (Å²) in [6.07, 6.45) is 3.58. The van der Waals surface area contributed by atoms with Gasteiger partial charge in [0.1, 0.15) is 4.88 Å². The summed E-state index contributed by atoms with van der Waals surface area (Å²) in [7, 11) is 0. The lowest BCUT2D eigenvalue weighted by Gasteiger charge is -2.29. The second-order valence-corrected chi connectivity index (χ2v) is 7.22. The predicted molar refractivity (Wildman–Crippen MR) is 93.7 cm³/mol. The molecule has 1 aliphatic heterocycles. The zero-order chi connectivity index (χ0) is 17.3. The van der Waals surface area contributed by atoms with Crippen LogP contribution in [0, 0.1) is 5.92 Å². The molecule has 1 N–H and O–H groups in total. The van der Waals surface area contributed by atoms with Crippen LogP contribution in [0.15, 0.2) is 9.59 Å². The topological polar surface area (TPSA) is 88.1 Å². The number of fused-ring (bicyclic) bond motifs is 1. The highest BCUT2D eigenvalue weighted by Gasteiger charge is 2.26. The monoisotopic (exact) mass is 350 g/mol. The minimum atomic E-state index is -0.470. The van der Waals surface area contributed by atoms with Crippen molar-refractivity contribution in [1.29, 1.82) is 0 Å². The van der Waals surface area contributed by atoms with Crippen LogP contribution >= 0.6 is 11.5 Å². The van der Waals surface area contributed by atoms with Crippen LogP contribution in [-0.4, -0.2) is 37.8 Å². The summed E-state index contributed by atoms with van der Waals surface area (Å²) in [4.78, 5) is 42.2. The van der Waals surface area contributed by atoms with Gasteiger partial charge in [0, 0.05) is 19.6 Å². The molecule has 0 saturated carbocycles. The number of aromatic amines is 1. The average Bonchev–Trinajstić information content (AvgIpc) is 2.98. The smallest absolute Gasteiger partial charge is 0.328 e. The molecule has 0 bridgehead atoms. The number of piperidine rings is 1. The lowest BCUT2D eigenvalue weighted by atomic mass is 9.99. The summed E-state index contributed by atoms with van der Waals surface area (Å²) in [5, 5.41) is 0. The van der Waals surface area contributed by atoms with Crippen LogP contribution in [0.1, 0.15) is 49.2 Å². The van der Waals surface area contributed by atoms with Gasteiger partial charge in [-0.05, 0) is 36.7 Å². The van der Waals surface area contributed by atoms with E-state index in [0.29, 0.717) is 30.4 Å². The first kappa shape index (κ1) is 16.9. The van der Waals surface area contributed by atoms with Gasteiger partial charge in [0.05, 0.1) is 5.52 Å². The molecule has 3 rings (SSSR count). The van der Waals surface area contributed by atoms with Crippen LogP contribution in [0.5, 0.6) is 0 Å². The van der Waals surface area contributed by atoms with Crippen molar-refractivity contribution in [2.75, 3.05) is 13.1 Å². The number of carbonyl (C=O) groups is 1. The van der Waals surface area contributed by atoms with Gasteiger partial charge in [-0.1, -0.05) is 20.3 Å². The third kappa shape index (κ3) is 3.02. The van der Waals surface area contributed by atoms with Crippen molar-refractivity contribution in [3.05, 3.63) is 25.7 Å². The molecule has 0 unspecified atom stereocenters. The summed E-state index contributed by atoms with van der Waals surface area (Å²) in [5.41, 5.74) is -0.414. The highest BCUT2D eigenvalue weighted by atomic mass is 32.1. The second kappa shape index (κ2) is 6.88. The minimum absolute atomic E-state index is 0.143. The first-order valence-corrected chi connectivity index (χ1v) is 9.22. The zero-order valence-corrected chi connectivity index (χ0v) is 14.8. The molecular weight excluding hydrogens is 328 g/mol. The fourth-order valence-electron chi connectivity index (χ4n) is 2.97. The van der Waals surface area contributed by atoms with E-state index in [2.05, 4.69) is 16.3 Å². The van der Waals surface area contributed by atoms with Crippen molar-refractivity contribution in [3.8, 4) is 0 Å². The molecule has 0 atom stereocenters. The Morgan fingerprint density at radius 3 is 2.71 bits per heavy atom. The van der Waals surface area contributed by atoms with Crippen molar-refractivity contribution in [1.82, 2.24) is 18.8 Å². The van der Waals surface area contributed by atoms with Gasteiger partial charge in [0.25, 0.3) is 11.5 Å². The summed E-state index contributed by atoms with van der Waals surface area (Å²) >= 11 is 0.996. The highest BCUT2D eigenvalue weighted by molar-refractivity contribution is 7.09. The molecule has 7 nitrogen and oxygen atoms in total. The summed E-state index contributed by atoms with van der Waals surface area (Å²) in [5.74, 6) is 0.480. The maximum Gasteiger partial charge on any atom is 0.328 e. The molecule has 2 aromatic rings. The van der Waals surface area contributed by atoms with Crippen LogP contribution in [0.25, 0.3) is 11.0 Å². The molecule has 1 saturated heterocycles. The average molecular weight is 350 g/mol. The van der Waals surface area contributed by atoms with Crippen molar-refractivity contribution in [2.45, 2.75) is 46.1 Å². The normalized spacial score (nSPS) is 16.0. The Kier molecular flexibility index (Phi) is 4.84. The predicted octanol–water partition coefficient (Wildman–Crippen LogP) is 1.82. The SMILES string of the molecule is CCCCn1c(=O)[nH]c2c(C(=O)N3CCC(C)CC3)snc2c1=O. The van der Waals surface area contributed by atoms with Crippen molar-refractivity contribution in [3.63, 3.8) is 0 Å². The largest absolute Gasteiger partial charge is 0.338 e. The van der Waals surface area contributed by atoms with E-state index in [1.807, 2.05) is 6.92 Å². The Hall–Kier alpha value is -1.96. The molecule has 1 fully saturated rings. The number of amides is 1. The molecule has 0 aliphatic carbocycles. The molecule has 24 heavy (non-hydrogen) atoms. The Balaban J connectivity index is 1.97. The van der Waals surface area contributed by atoms with Crippen molar-refractivity contribution < 1.29 is 4.79 Å². The van der Waals surface area contributed by atoms with Gasteiger partial charge in [0.15, 0.2) is 5.52 Å². The number of carbonyl (C=O) groups excluding carboxylic acids is 1. The number of rotatable bonds is 4. The Morgan fingerprint density at radius 1 is 1.33 bits per heavy atom. The number of H-pyrrole nitrogens is 1. The molecule has 2 aromatic heterocycles. The van der Waals surface area contributed by atoms with E-state index in [1.54, 1.807) is 4.90 Å². The van der Waals surface area contributed by atoms with E-state index in [0.717, 1.165) is 37.2 Å². The van der Waals surface area contributed by atoms with Crippen LogP contribution in [-0.2, 0) is 6.54 Å². The zero-order valence-electron chi connectivity index (χ0n) is 14.0. The minimum Gasteiger partial charge on any atom is -0.338 e. The van der Waals surface area contributed by atoms with E-state index in [1.165, 1.54) is 4.57 Å². The van der Waals surface area contributed by atoms with Crippen LogP contribution in [0.4, 0.5) is 0 Å². The summed E-state index contributed by atoms with van der Waals surface area (Å²) < 4.78 is 5.32. The van der Waals surface area contributed by atoms with E-state index < -0.39 is 11.2 Å². The fraction of sp³-hybridized carbons (Fsp3) is 0.625. The summed E-state index contributed by atoms with van der Waals surface area (Å²) in [6.45, 7) is 5.96. The molecule has 1 aliphatic rings. The van der Waals surface area contributed by atoms with Gasteiger partial charge in [-0.25, -0.2) is 4.79 Å². The van der Waals surface area contributed by atoms with Crippen molar-refractivity contribution >= 4 is 28.5 Å². The third-order valence-corrected chi connectivity index (χ3v) is 5.45. The Labute approximate surface area is 143 Å². The maximum atomic E-state index is 12.7. The van der Waals surface area contributed by atoms with Gasteiger partial charge in [-0.15, -0.1) is 0 Å². The lowest BCUT2D eigenvalue weighted by Crippen LogP contribution is -2.38. The standard InChI is InChI=1S/C16H22N4O3S/c1-3-4-7-20-14(21)12-11(17-16(20)23)13(24-18-12)15(22)19-8-5-10(2)6-9-19/h10H,3-9H2,1-2H3,(H,17,23). The van der Waals surface area contributed by atoms with E-state index >= 15 is 0 Å². The number of hydrogen-bond acceptors (Lipinski definition) is 5. The van der Waals surface area contributed by atoms with Crippen LogP contribution in [0.2, 0.25) is 0 Å². The Bertz CT molecular complexity index is 858. The third-order valence-electron chi connectivity index (χ3n) is 4.62. The second-order valence-electron chi connectivity index (χ2n) is 6.45. The number of nitrogens with zero attached hydrogens (tertiary/aromatic N) is 3. The lowest BCUT2D eigenvalue weighted by molar-refractivity contribution is 0.0703. The van der Waals surface area contributed by atoms with Gasteiger partial charge in [-0.3, -0.25) is 14.2 Å². The molecule has 0 spiro atoms. The van der Waals surface area contributed by atoms with E-state index in [4.69, 9.17) is 0 Å². The molecular formula is C16H22N4O3S. The summed E-state index contributed by atoms with van der Waals surface area (Å²) in [6, 6.07) is 0. The van der Waals surface area contributed by atoms with Crippen LogP contribution < -0.4 is 11.2 Å². The molecule has 1 amide bonds. The van der Waals surface area contributed by atoms with Gasteiger partial charge in [0.2, 0.25) is 0 Å². The van der Waals surface area contributed by atoms with Gasteiger partial charge < -0.3 is 9.88 Å². The van der Waals surface area contributed by atoms with E-state index in [9.17, 15) is 14.4 Å². The number of aromatic nitrogens is 3.